The molecule has 0 saturated carbocycles. The van der Waals surface area contributed by atoms with Crippen LogP contribution >= 0.6 is 0 Å². The van der Waals surface area contributed by atoms with Crippen molar-refractivity contribution >= 4 is 22.6 Å². The summed E-state index contributed by atoms with van der Waals surface area (Å²) in [6.45, 7) is 1.48. The van der Waals surface area contributed by atoms with E-state index in [1.165, 1.54) is 6.92 Å². The van der Waals surface area contributed by atoms with Crippen molar-refractivity contribution in [1.82, 2.24) is 9.97 Å². The Bertz CT molecular complexity index is 747. The van der Waals surface area contributed by atoms with Crippen molar-refractivity contribution in [2.75, 3.05) is 5.32 Å². The number of benzene rings is 1. The van der Waals surface area contributed by atoms with Gasteiger partial charge in [0.2, 0.25) is 5.91 Å². The van der Waals surface area contributed by atoms with Crippen LogP contribution in [0.15, 0.2) is 48.8 Å². The van der Waals surface area contributed by atoms with Crippen LogP contribution in [0.3, 0.4) is 0 Å². The Labute approximate surface area is 115 Å². The maximum absolute atomic E-state index is 11.0. The number of pyridine rings is 1. The summed E-state index contributed by atoms with van der Waals surface area (Å²) in [5, 5.41) is 3.64. The maximum atomic E-state index is 11.0. The molecule has 0 atom stereocenters. The zero-order valence-corrected chi connectivity index (χ0v) is 10.9. The molecule has 0 bridgehead atoms. The molecule has 0 spiro atoms. The van der Waals surface area contributed by atoms with Gasteiger partial charge in [-0.25, -0.2) is 4.98 Å². The topological polar surface area (TPSA) is 67.0 Å². The van der Waals surface area contributed by atoms with Crippen molar-refractivity contribution < 1.29 is 9.53 Å². The number of carbonyl (C=O) groups excluding carboxylic acids is 1. The van der Waals surface area contributed by atoms with Crippen LogP contribution < -0.4 is 10.1 Å². The number of hydrogen-bond acceptors (Lipinski definition) is 3. The fraction of sp³-hybridized carbons (Fsp3) is 0.0667. The van der Waals surface area contributed by atoms with Gasteiger partial charge in [-0.05, 0) is 36.4 Å². The van der Waals surface area contributed by atoms with Gasteiger partial charge in [0, 0.05) is 25.0 Å². The van der Waals surface area contributed by atoms with Crippen molar-refractivity contribution in [2.45, 2.75) is 6.92 Å². The third kappa shape index (κ3) is 2.47. The first kappa shape index (κ1) is 12.2. The van der Waals surface area contributed by atoms with Crippen molar-refractivity contribution in [3.05, 3.63) is 48.8 Å². The number of hydrogen-bond donors (Lipinski definition) is 2. The van der Waals surface area contributed by atoms with E-state index in [0.717, 1.165) is 22.5 Å². The summed E-state index contributed by atoms with van der Waals surface area (Å²) in [5.41, 5.74) is 1.53. The highest BCUT2D eigenvalue weighted by Crippen LogP contribution is 2.28. The molecule has 0 saturated heterocycles. The first-order chi connectivity index (χ1) is 9.72. The highest BCUT2D eigenvalue weighted by Gasteiger charge is 2.05. The molecular formula is C15H13N3O2. The molecule has 0 radical (unpaired) electrons. The number of carbonyl (C=O) groups is 1. The van der Waals surface area contributed by atoms with Crippen LogP contribution in [0.2, 0.25) is 0 Å². The number of aromatic nitrogens is 2. The molecule has 1 aromatic carbocycles. The summed E-state index contributed by atoms with van der Waals surface area (Å²) in [4.78, 5) is 18.2. The molecule has 3 rings (SSSR count). The molecule has 0 aliphatic rings. The Morgan fingerprint density at radius 3 is 2.75 bits per heavy atom. The number of rotatable bonds is 3. The first-order valence-electron chi connectivity index (χ1n) is 6.20. The molecular weight excluding hydrogens is 254 g/mol. The van der Waals surface area contributed by atoms with E-state index in [-0.39, 0.29) is 5.91 Å². The van der Waals surface area contributed by atoms with Crippen LogP contribution in [-0.2, 0) is 4.79 Å². The summed E-state index contributed by atoms with van der Waals surface area (Å²) in [6, 6.07) is 11.0. The molecule has 2 aromatic heterocycles. The van der Waals surface area contributed by atoms with Crippen LogP contribution in [0.4, 0.5) is 5.69 Å². The van der Waals surface area contributed by atoms with Crippen LogP contribution in [0.1, 0.15) is 6.92 Å². The van der Waals surface area contributed by atoms with Gasteiger partial charge in [-0.3, -0.25) is 4.79 Å². The van der Waals surface area contributed by atoms with Gasteiger partial charge in [-0.2, -0.15) is 0 Å². The molecule has 5 heteroatoms. The van der Waals surface area contributed by atoms with E-state index in [1.807, 2.05) is 30.5 Å². The van der Waals surface area contributed by atoms with Gasteiger partial charge >= 0.3 is 0 Å². The number of nitrogens with zero attached hydrogens (tertiary/aromatic N) is 1. The Morgan fingerprint density at radius 2 is 2.00 bits per heavy atom. The maximum Gasteiger partial charge on any atom is 0.221 e. The van der Waals surface area contributed by atoms with Crippen molar-refractivity contribution in [1.29, 1.82) is 0 Å². The molecule has 1 amide bonds. The minimum atomic E-state index is -0.0955. The van der Waals surface area contributed by atoms with E-state index in [9.17, 15) is 4.79 Å². The lowest BCUT2D eigenvalue weighted by atomic mass is 10.3. The van der Waals surface area contributed by atoms with Gasteiger partial charge in [0.15, 0.2) is 0 Å². The molecule has 3 aromatic rings. The Balaban J connectivity index is 1.84. The summed E-state index contributed by atoms with van der Waals surface area (Å²) < 4.78 is 5.84. The number of fused-ring (bicyclic) bond motifs is 1. The van der Waals surface area contributed by atoms with E-state index < -0.39 is 0 Å². The molecule has 2 heterocycles. The van der Waals surface area contributed by atoms with Crippen LogP contribution in [0.5, 0.6) is 11.5 Å². The Kier molecular flexibility index (Phi) is 3.09. The second kappa shape index (κ2) is 5.05. The summed E-state index contributed by atoms with van der Waals surface area (Å²) in [7, 11) is 0. The quantitative estimate of drug-likeness (QED) is 0.765. The highest BCUT2D eigenvalue weighted by molar-refractivity contribution is 5.88. The van der Waals surface area contributed by atoms with Crippen LogP contribution in [0, 0.1) is 0 Å². The SMILES string of the molecule is CC(=O)Nc1ccc(Oc2ccnc3[nH]ccc23)cc1. The fourth-order valence-corrected chi connectivity index (χ4v) is 1.96. The number of ether oxygens (including phenoxy) is 1. The third-order valence-corrected chi connectivity index (χ3v) is 2.82. The molecule has 0 aliphatic heterocycles. The summed E-state index contributed by atoms with van der Waals surface area (Å²) in [6.07, 6.45) is 3.52. The minimum Gasteiger partial charge on any atom is -0.457 e. The molecule has 0 unspecified atom stereocenters. The Morgan fingerprint density at radius 1 is 1.20 bits per heavy atom. The first-order valence-corrected chi connectivity index (χ1v) is 6.20. The zero-order chi connectivity index (χ0) is 13.9. The van der Waals surface area contributed by atoms with Crippen molar-refractivity contribution in [2.24, 2.45) is 0 Å². The highest BCUT2D eigenvalue weighted by atomic mass is 16.5. The van der Waals surface area contributed by atoms with E-state index in [0.29, 0.717) is 5.75 Å². The lowest BCUT2D eigenvalue weighted by Crippen LogP contribution is -2.05. The standard InChI is InChI=1S/C15H13N3O2/c1-10(19)18-11-2-4-12(5-3-11)20-14-7-9-17-15-13(14)6-8-16-15/h2-9H,1H3,(H,16,17)(H,18,19). The van der Waals surface area contributed by atoms with Crippen molar-refractivity contribution in [3.8, 4) is 11.5 Å². The number of amides is 1. The molecule has 100 valence electrons. The largest absolute Gasteiger partial charge is 0.457 e. The second-order valence-electron chi connectivity index (χ2n) is 4.36. The predicted molar refractivity (Wildman–Crippen MR) is 76.9 cm³/mol. The third-order valence-electron chi connectivity index (χ3n) is 2.82. The van der Waals surface area contributed by atoms with Crippen LogP contribution in [0.25, 0.3) is 11.0 Å². The molecule has 20 heavy (non-hydrogen) atoms. The smallest absolute Gasteiger partial charge is 0.221 e. The number of H-pyrrole nitrogens is 1. The molecule has 0 fully saturated rings. The van der Waals surface area contributed by atoms with Crippen LogP contribution in [-0.4, -0.2) is 15.9 Å². The summed E-state index contributed by atoms with van der Waals surface area (Å²) >= 11 is 0. The average molecular weight is 267 g/mol. The van der Waals surface area contributed by atoms with Gasteiger partial charge in [-0.15, -0.1) is 0 Å². The van der Waals surface area contributed by atoms with Gasteiger partial charge in [0.25, 0.3) is 0 Å². The minimum absolute atomic E-state index is 0.0955. The second-order valence-corrected chi connectivity index (χ2v) is 4.36. The van der Waals surface area contributed by atoms with Crippen molar-refractivity contribution in [3.63, 3.8) is 0 Å². The van der Waals surface area contributed by atoms with E-state index in [2.05, 4.69) is 15.3 Å². The van der Waals surface area contributed by atoms with E-state index >= 15 is 0 Å². The average Bonchev–Trinajstić information content (AvgIpc) is 2.90. The number of aromatic amines is 1. The summed E-state index contributed by atoms with van der Waals surface area (Å²) in [5.74, 6) is 1.35. The lowest BCUT2D eigenvalue weighted by Gasteiger charge is -2.08. The Hall–Kier alpha value is -2.82. The van der Waals surface area contributed by atoms with E-state index in [4.69, 9.17) is 4.74 Å². The van der Waals surface area contributed by atoms with E-state index in [1.54, 1.807) is 18.3 Å². The van der Waals surface area contributed by atoms with Gasteiger partial charge in [-0.1, -0.05) is 0 Å². The molecule has 5 nitrogen and oxygen atoms in total. The van der Waals surface area contributed by atoms with Gasteiger partial charge in [0.1, 0.15) is 17.1 Å². The monoisotopic (exact) mass is 267 g/mol. The normalized spacial score (nSPS) is 10.4. The van der Waals surface area contributed by atoms with Gasteiger partial charge < -0.3 is 15.0 Å². The molecule has 2 N–H and O–H groups in total. The van der Waals surface area contributed by atoms with Gasteiger partial charge in [0.05, 0.1) is 5.39 Å². The molecule has 0 aliphatic carbocycles. The lowest BCUT2D eigenvalue weighted by molar-refractivity contribution is -0.114. The number of anilines is 1. The predicted octanol–water partition coefficient (Wildman–Crippen LogP) is 3.31. The fourth-order valence-electron chi connectivity index (χ4n) is 1.96. The number of nitrogens with one attached hydrogen (secondary N) is 2. The zero-order valence-electron chi connectivity index (χ0n) is 10.9.